The molecular formula is C16H14ClNO3. The van der Waals surface area contributed by atoms with Gasteiger partial charge in [0.05, 0.1) is 22.7 Å². The van der Waals surface area contributed by atoms with E-state index >= 15 is 0 Å². The molecule has 21 heavy (non-hydrogen) atoms. The predicted octanol–water partition coefficient (Wildman–Crippen LogP) is 3.53. The average molecular weight is 304 g/mol. The maximum absolute atomic E-state index is 12.0. The first-order valence-corrected chi connectivity index (χ1v) is 6.72. The number of hydrogen-bond donors (Lipinski definition) is 2. The van der Waals surface area contributed by atoms with E-state index in [1.54, 1.807) is 0 Å². The molecular weight excluding hydrogens is 290 g/mol. The van der Waals surface area contributed by atoms with Gasteiger partial charge in [0.1, 0.15) is 0 Å². The normalized spacial score (nSPS) is 10.2. The summed E-state index contributed by atoms with van der Waals surface area (Å²) in [6.07, 6.45) is 0.157. The number of carboxylic acid groups (broad SMARTS) is 1. The van der Waals surface area contributed by atoms with Crippen LogP contribution in [0.25, 0.3) is 0 Å². The van der Waals surface area contributed by atoms with Crippen LogP contribution in [-0.4, -0.2) is 17.0 Å². The van der Waals surface area contributed by atoms with Crippen molar-refractivity contribution in [2.45, 2.75) is 13.3 Å². The van der Waals surface area contributed by atoms with Crippen molar-refractivity contribution in [2.24, 2.45) is 0 Å². The number of carboxylic acids is 1. The third kappa shape index (κ3) is 3.83. The Hall–Kier alpha value is -2.33. The molecule has 0 radical (unpaired) electrons. The molecule has 0 heterocycles. The van der Waals surface area contributed by atoms with Gasteiger partial charge in [0.25, 0.3) is 0 Å². The van der Waals surface area contributed by atoms with Crippen LogP contribution in [0.4, 0.5) is 5.69 Å². The minimum atomic E-state index is -1.14. The summed E-state index contributed by atoms with van der Waals surface area (Å²) in [5.41, 5.74) is 2.06. The van der Waals surface area contributed by atoms with Gasteiger partial charge < -0.3 is 10.4 Å². The van der Waals surface area contributed by atoms with Crippen molar-refractivity contribution in [3.8, 4) is 0 Å². The standard InChI is InChI=1S/C16H14ClNO3/c1-10-5-7-11(8-6-10)9-14(19)18-15-12(16(20)21)3-2-4-13(15)17/h2-8H,9H2,1H3,(H,18,19)(H,20,21). The Balaban J connectivity index is 2.16. The van der Waals surface area contributed by atoms with Crippen LogP contribution in [0.5, 0.6) is 0 Å². The molecule has 0 fully saturated rings. The SMILES string of the molecule is Cc1ccc(CC(=O)Nc2c(Cl)cccc2C(=O)O)cc1. The molecule has 4 nitrogen and oxygen atoms in total. The van der Waals surface area contributed by atoms with Crippen LogP contribution in [0.1, 0.15) is 21.5 Å². The van der Waals surface area contributed by atoms with Crippen molar-refractivity contribution in [3.63, 3.8) is 0 Å². The van der Waals surface area contributed by atoms with E-state index in [0.717, 1.165) is 11.1 Å². The van der Waals surface area contributed by atoms with Gasteiger partial charge in [0, 0.05) is 0 Å². The topological polar surface area (TPSA) is 66.4 Å². The van der Waals surface area contributed by atoms with Crippen LogP contribution in [0.15, 0.2) is 42.5 Å². The number of rotatable bonds is 4. The first-order chi connectivity index (χ1) is 9.97. The van der Waals surface area contributed by atoms with Gasteiger partial charge in [-0.2, -0.15) is 0 Å². The first kappa shape index (κ1) is 15.1. The highest BCUT2D eigenvalue weighted by Gasteiger charge is 2.15. The first-order valence-electron chi connectivity index (χ1n) is 6.34. The molecule has 0 unspecified atom stereocenters. The second kappa shape index (κ2) is 6.41. The summed E-state index contributed by atoms with van der Waals surface area (Å²) in [5, 5.41) is 11.9. The fourth-order valence-corrected chi connectivity index (χ4v) is 2.13. The number of amides is 1. The van der Waals surface area contributed by atoms with Crippen molar-refractivity contribution >= 4 is 29.2 Å². The molecule has 0 bridgehead atoms. The van der Waals surface area contributed by atoms with E-state index in [0.29, 0.717) is 0 Å². The second-order valence-electron chi connectivity index (χ2n) is 4.68. The Kier molecular flexibility index (Phi) is 4.60. The van der Waals surface area contributed by atoms with Gasteiger partial charge in [-0.3, -0.25) is 4.79 Å². The number of anilines is 1. The number of aromatic carboxylic acids is 1. The van der Waals surface area contributed by atoms with E-state index in [4.69, 9.17) is 16.7 Å². The van der Waals surface area contributed by atoms with Crippen LogP contribution >= 0.6 is 11.6 Å². The predicted molar refractivity (Wildman–Crippen MR) is 81.9 cm³/mol. The quantitative estimate of drug-likeness (QED) is 0.908. The lowest BCUT2D eigenvalue weighted by atomic mass is 10.1. The molecule has 2 N–H and O–H groups in total. The minimum Gasteiger partial charge on any atom is -0.478 e. The van der Waals surface area contributed by atoms with Gasteiger partial charge in [0.15, 0.2) is 0 Å². The summed E-state index contributed by atoms with van der Waals surface area (Å²) in [6.45, 7) is 1.97. The molecule has 2 aromatic rings. The number of halogens is 1. The molecule has 2 aromatic carbocycles. The summed E-state index contributed by atoms with van der Waals surface area (Å²) in [4.78, 5) is 23.2. The zero-order chi connectivity index (χ0) is 15.4. The van der Waals surface area contributed by atoms with E-state index in [9.17, 15) is 9.59 Å². The van der Waals surface area contributed by atoms with Crippen molar-refractivity contribution in [1.82, 2.24) is 0 Å². The van der Waals surface area contributed by atoms with Crippen LogP contribution in [0.3, 0.4) is 0 Å². The van der Waals surface area contributed by atoms with Gasteiger partial charge in [-0.1, -0.05) is 47.5 Å². The molecule has 2 rings (SSSR count). The average Bonchev–Trinajstić information content (AvgIpc) is 2.43. The Morgan fingerprint density at radius 1 is 1.14 bits per heavy atom. The van der Waals surface area contributed by atoms with Crippen molar-refractivity contribution in [1.29, 1.82) is 0 Å². The van der Waals surface area contributed by atoms with Gasteiger partial charge in [-0.15, -0.1) is 0 Å². The van der Waals surface area contributed by atoms with Gasteiger partial charge in [0.2, 0.25) is 5.91 Å². The van der Waals surface area contributed by atoms with Crippen LogP contribution in [0, 0.1) is 6.92 Å². The number of aryl methyl sites for hydroxylation is 1. The smallest absolute Gasteiger partial charge is 0.337 e. The lowest BCUT2D eigenvalue weighted by molar-refractivity contribution is -0.115. The highest BCUT2D eigenvalue weighted by atomic mass is 35.5. The fraction of sp³-hybridized carbons (Fsp3) is 0.125. The monoisotopic (exact) mass is 303 g/mol. The van der Waals surface area contributed by atoms with Gasteiger partial charge in [-0.05, 0) is 24.6 Å². The summed E-state index contributed by atoms with van der Waals surface area (Å²) in [5.74, 6) is -1.45. The Labute approximate surface area is 127 Å². The maximum Gasteiger partial charge on any atom is 0.337 e. The second-order valence-corrected chi connectivity index (χ2v) is 5.09. The zero-order valence-corrected chi connectivity index (χ0v) is 12.1. The molecule has 0 atom stereocenters. The molecule has 0 aromatic heterocycles. The number of hydrogen-bond acceptors (Lipinski definition) is 2. The minimum absolute atomic E-state index is 0.0280. The third-order valence-electron chi connectivity index (χ3n) is 2.99. The summed E-state index contributed by atoms with van der Waals surface area (Å²) < 4.78 is 0. The Bertz CT molecular complexity index is 680. The highest BCUT2D eigenvalue weighted by molar-refractivity contribution is 6.34. The van der Waals surface area contributed by atoms with Crippen molar-refractivity contribution < 1.29 is 14.7 Å². The molecule has 0 spiro atoms. The molecule has 5 heteroatoms. The molecule has 0 saturated heterocycles. The van der Waals surface area contributed by atoms with E-state index < -0.39 is 5.97 Å². The molecule has 108 valence electrons. The number of nitrogens with one attached hydrogen (secondary N) is 1. The van der Waals surface area contributed by atoms with Crippen molar-refractivity contribution in [2.75, 3.05) is 5.32 Å². The molecule has 1 amide bonds. The lowest BCUT2D eigenvalue weighted by Crippen LogP contribution is -2.17. The summed E-state index contributed by atoms with van der Waals surface area (Å²) in [7, 11) is 0. The number of benzene rings is 2. The number of carbonyl (C=O) groups excluding carboxylic acids is 1. The largest absolute Gasteiger partial charge is 0.478 e. The summed E-state index contributed by atoms with van der Waals surface area (Å²) >= 11 is 5.96. The van der Waals surface area contributed by atoms with Gasteiger partial charge in [-0.25, -0.2) is 4.79 Å². The Morgan fingerprint density at radius 2 is 1.81 bits per heavy atom. The maximum atomic E-state index is 12.0. The van der Waals surface area contributed by atoms with E-state index in [2.05, 4.69) is 5.32 Å². The van der Waals surface area contributed by atoms with E-state index in [1.165, 1.54) is 18.2 Å². The highest BCUT2D eigenvalue weighted by Crippen LogP contribution is 2.26. The molecule has 0 aliphatic rings. The lowest BCUT2D eigenvalue weighted by Gasteiger charge is -2.10. The van der Waals surface area contributed by atoms with E-state index in [-0.39, 0.29) is 28.6 Å². The van der Waals surface area contributed by atoms with E-state index in [1.807, 2.05) is 31.2 Å². The summed E-state index contributed by atoms with van der Waals surface area (Å²) in [6, 6.07) is 12.0. The zero-order valence-electron chi connectivity index (χ0n) is 11.4. The molecule has 0 aliphatic heterocycles. The van der Waals surface area contributed by atoms with Gasteiger partial charge >= 0.3 is 5.97 Å². The fourth-order valence-electron chi connectivity index (χ4n) is 1.90. The Morgan fingerprint density at radius 3 is 2.43 bits per heavy atom. The third-order valence-corrected chi connectivity index (χ3v) is 3.31. The van der Waals surface area contributed by atoms with Crippen LogP contribution in [-0.2, 0) is 11.2 Å². The molecule has 0 saturated carbocycles. The number of para-hydroxylation sites is 1. The van der Waals surface area contributed by atoms with Crippen molar-refractivity contribution in [3.05, 3.63) is 64.2 Å². The molecule has 0 aliphatic carbocycles. The van der Waals surface area contributed by atoms with Crippen LogP contribution < -0.4 is 5.32 Å². The van der Waals surface area contributed by atoms with Crippen LogP contribution in [0.2, 0.25) is 5.02 Å². The number of carbonyl (C=O) groups is 2.